The van der Waals surface area contributed by atoms with Gasteiger partial charge in [-0.25, -0.2) is 4.68 Å². The normalized spacial score (nSPS) is 13.4. The van der Waals surface area contributed by atoms with Gasteiger partial charge in [-0.15, -0.1) is 10.2 Å². The van der Waals surface area contributed by atoms with Crippen molar-refractivity contribution in [3.05, 3.63) is 48.5 Å². The number of hydrogen-bond donors (Lipinski definition) is 2. The molecule has 0 bridgehead atoms. The topological polar surface area (TPSA) is 84.8 Å². The second-order valence-electron chi connectivity index (χ2n) is 6.12. The van der Waals surface area contributed by atoms with Crippen molar-refractivity contribution < 1.29 is 9.53 Å². The fourth-order valence-corrected chi connectivity index (χ4v) is 3.97. The van der Waals surface area contributed by atoms with Crippen LogP contribution in [0.25, 0.3) is 33.5 Å². The molecule has 1 aliphatic heterocycles. The van der Waals surface area contributed by atoms with E-state index in [1.807, 2.05) is 48.5 Å². The number of fused-ring (bicyclic) bond motifs is 2. The molecule has 2 N–H and O–H groups in total. The number of nitrogens with zero attached hydrogens (tertiary/aromatic N) is 3. The van der Waals surface area contributed by atoms with Crippen molar-refractivity contribution in [2.45, 2.75) is 5.16 Å². The van der Waals surface area contributed by atoms with Gasteiger partial charge in [0.15, 0.2) is 0 Å². The van der Waals surface area contributed by atoms with Crippen LogP contribution in [0.15, 0.2) is 53.7 Å². The van der Waals surface area contributed by atoms with Crippen LogP contribution in [-0.2, 0) is 4.79 Å². The van der Waals surface area contributed by atoms with Crippen molar-refractivity contribution in [3.8, 4) is 28.4 Å². The van der Waals surface area contributed by atoms with Gasteiger partial charge in [0.1, 0.15) is 5.75 Å². The number of aromatic nitrogens is 4. The predicted molar refractivity (Wildman–Crippen MR) is 104 cm³/mol. The highest BCUT2D eigenvalue weighted by atomic mass is 32.2. The Labute approximate surface area is 158 Å². The maximum Gasteiger partial charge on any atom is 0.249 e. The summed E-state index contributed by atoms with van der Waals surface area (Å²) in [6.45, 7) is 0. The molecule has 3 heterocycles. The first-order chi connectivity index (χ1) is 13.2. The number of hydrogen-bond acceptors (Lipinski definition) is 5. The quantitative estimate of drug-likeness (QED) is 0.572. The van der Waals surface area contributed by atoms with Gasteiger partial charge in [-0.1, -0.05) is 42.1 Å². The van der Waals surface area contributed by atoms with Crippen LogP contribution in [-0.4, -0.2) is 38.6 Å². The van der Waals surface area contributed by atoms with Gasteiger partial charge in [0.2, 0.25) is 16.9 Å². The summed E-state index contributed by atoms with van der Waals surface area (Å²) < 4.78 is 7.05. The Bertz CT molecular complexity index is 1170. The first kappa shape index (κ1) is 16.0. The van der Waals surface area contributed by atoms with Crippen LogP contribution < -0.4 is 10.2 Å². The van der Waals surface area contributed by atoms with Gasteiger partial charge in [-0.3, -0.25) is 10.2 Å². The number of rotatable bonds is 3. The molecular formula is C19H15N5O2S. The SMILES string of the molecule is COc1ccc2[nH]c(-c3nnc4n3NC(=O)CS4)c(-c3ccccc3)c2c1. The van der Waals surface area contributed by atoms with E-state index < -0.39 is 0 Å². The van der Waals surface area contributed by atoms with E-state index in [2.05, 4.69) is 20.6 Å². The maximum atomic E-state index is 11.9. The highest BCUT2D eigenvalue weighted by molar-refractivity contribution is 7.99. The summed E-state index contributed by atoms with van der Waals surface area (Å²) in [5.41, 5.74) is 6.62. The number of methoxy groups -OCH3 is 1. The smallest absolute Gasteiger partial charge is 0.249 e. The van der Waals surface area contributed by atoms with Crippen LogP contribution in [0.5, 0.6) is 5.75 Å². The Balaban J connectivity index is 1.80. The average Bonchev–Trinajstić information content (AvgIpc) is 3.28. The molecule has 27 heavy (non-hydrogen) atoms. The number of benzene rings is 2. The minimum absolute atomic E-state index is 0.0763. The van der Waals surface area contributed by atoms with E-state index in [1.165, 1.54) is 11.8 Å². The Morgan fingerprint density at radius 1 is 1.15 bits per heavy atom. The average molecular weight is 377 g/mol. The second kappa shape index (κ2) is 6.17. The van der Waals surface area contributed by atoms with Crippen molar-refractivity contribution in [1.29, 1.82) is 0 Å². The number of nitrogens with one attached hydrogen (secondary N) is 2. The van der Waals surface area contributed by atoms with Crippen LogP contribution >= 0.6 is 11.8 Å². The Morgan fingerprint density at radius 2 is 2.00 bits per heavy atom. The van der Waals surface area contributed by atoms with E-state index >= 15 is 0 Å². The lowest BCUT2D eigenvalue weighted by atomic mass is 10.0. The number of amides is 1. The molecule has 1 amide bonds. The first-order valence-corrected chi connectivity index (χ1v) is 9.37. The summed E-state index contributed by atoms with van der Waals surface area (Å²) in [5.74, 6) is 1.61. The zero-order valence-corrected chi connectivity index (χ0v) is 15.2. The summed E-state index contributed by atoms with van der Waals surface area (Å²) in [6.07, 6.45) is 0. The minimum atomic E-state index is -0.0763. The van der Waals surface area contributed by atoms with Crippen molar-refractivity contribution in [2.24, 2.45) is 0 Å². The molecule has 4 aromatic rings. The molecule has 7 nitrogen and oxygen atoms in total. The number of thioether (sulfide) groups is 1. The number of ether oxygens (including phenoxy) is 1. The fourth-order valence-electron chi connectivity index (χ4n) is 3.28. The predicted octanol–water partition coefficient (Wildman–Crippen LogP) is 3.28. The molecule has 8 heteroatoms. The Morgan fingerprint density at radius 3 is 2.81 bits per heavy atom. The molecule has 5 rings (SSSR count). The monoisotopic (exact) mass is 377 g/mol. The van der Waals surface area contributed by atoms with E-state index in [1.54, 1.807) is 11.8 Å². The van der Waals surface area contributed by atoms with Gasteiger partial charge in [0.05, 0.1) is 18.6 Å². The molecule has 0 saturated heterocycles. The highest BCUT2D eigenvalue weighted by Crippen LogP contribution is 2.39. The molecule has 0 unspecified atom stereocenters. The van der Waals surface area contributed by atoms with Gasteiger partial charge in [0.25, 0.3) is 0 Å². The summed E-state index contributed by atoms with van der Waals surface area (Å²) in [4.78, 5) is 15.3. The van der Waals surface area contributed by atoms with Gasteiger partial charge in [-0.05, 0) is 23.8 Å². The molecule has 134 valence electrons. The van der Waals surface area contributed by atoms with Gasteiger partial charge in [-0.2, -0.15) is 0 Å². The van der Waals surface area contributed by atoms with Crippen molar-refractivity contribution in [3.63, 3.8) is 0 Å². The van der Waals surface area contributed by atoms with Gasteiger partial charge >= 0.3 is 0 Å². The summed E-state index contributed by atoms with van der Waals surface area (Å²) >= 11 is 1.37. The molecule has 1 aliphatic rings. The van der Waals surface area contributed by atoms with E-state index in [-0.39, 0.29) is 5.91 Å². The van der Waals surface area contributed by atoms with E-state index in [9.17, 15) is 4.79 Å². The minimum Gasteiger partial charge on any atom is -0.497 e. The van der Waals surface area contributed by atoms with E-state index in [0.29, 0.717) is 16.7 Å². The van der Waals surface area contributed by atoms with Crippen molar-refractivity contribution in [1.82, 2.24) is 19.9 Å². The number of H-pyrrole nitrogens is 1. The molecule has 2 aromatic heterocycles. The second-order valence-corrected chi connectivity index (χ2v) is 7.06. The third kappa shape index (κ3) is 2.57. The van der Waals surface area contributed by atoms with Gasteiger partial charge in [0, 0.05) is 16.5 Å². The molecule has 0 saturated carbocycles. The van der Waals surface area contributed by atoms with E-state index in [4.69, 9.17) is 4.74 Å². The summed E-state index contributed by atoms with van der Waals surface area (Å²) in [5, 5.41) is 10.2. The summed E-state index contributed by atoms with van der Waals surface area (Å²) in [6, 6.07) is 16.0. The fraction of sp³-hybridized carbons (Fsp3) is 0.105. The highest BCUT2D eigenvalue weighted by Gasteiger charge is 2.26. The zero-order valence-electron chi connectivity index (χ0n) is 14.4. The van der Waals surface area contributed by atoms with Crippen molar-refractivity contribution >= 4 is 28.6 Å². The molecular weight excluding hydrogens is 362 g/mol. The molecule has 2 aromatic carbocycles. The third-order valence-corrected chi connectivity index (χ3v) is 5.42. The standard InChI is InChI=1S/C19H15N5O2S/c1-26-12-7-8-14-13(9-12)16(11-5-3-2-4-6-11)17(20-14)18-21-22-19-24(18)23-15(25)10-27-19/h2-9,20H,10H2,1H3,(H,23,25). The number of carbonyl (C=O) groups excluding carboxylic acids is 1. The maximum absolute atomic E-state index is 11.9. The first-order valence-electron chi connectivity index (χ1n) is 8.38. The third-order valence-electron chi connectivity index (χ3n) is 4.49. The number of carbonyl (C=O) groups is 1. The van der Waals surface area contributed by atoms with Crippen LogP contribution in [0, 0.1) is 0 Å². The molecule has 0 aliphatic carbocycles. The van der Waals surface area contributed by atoms with Gasteiger partial charge < -0.3 is 9.72 Å². The van der Waals surface area contributed by atoms with Crippen LogP contribution in [0.3, 0.4) is 0 Å². The molecule has 0 radical (unpaired) electrons. The largest absolute Gasteiger partial charge is 0.497 e. The summed E-state index contributed by atoms with van der Waals surface area (Å²) in [7, 11) is 1.65. The Hall–Kier alpha value is -3.26. The molecule has 0 atom stereocenters. The lowest BCUT2D eigenvalue weighted by Crippen LogP contribution is -2.29. The van der Waals surface area contributed by atoms with Crippen LogP contribution in [0.4, 0.5) is 0 Å². The van der Waals surface area contributed by atoms with Crippen LogP contribution in [0.1, 0.15) is 0 Å². The molecule has 0 fully saturated rings. The molecule has 0 spiro atoms. The van der Waals surface area contributed by atoms with Crippen molar-refractivity contribution in [2.75, 3.05) is 18.3 Å². The number of aromatic amines is 1. The lowest BCUT2D eigenvalue weighted by molar-refractivity contribution is -0.114. The van der Waals surface area contributed by atoms with E-state index in [0.717, 1.165) is 33.5 Å². The van der Waals surface area contributed by atoms with Crippen LogP contribution in [0.2, 0.25) is 0 Å². The lowest BCUT2D eigenvalue weighted by Gasteiger charge is -2.15. The Kier molecular flexibility index (Phi) is 3.64. The zero-order chi connectivity index (χ0) is 18.4.